The fourth-order valence-electron chi connectivity index (χ4n) is 4.16. The average Bonchev–Trinajstić information content (AvgIpc) is 3.46. The molecule has 1 fully saturated rings. The van der Waals surface area contributed by atoms with E-state index in [-0.39, 0.29) is 30.0 Å². The van der Waals surface area contributed by atoms with Crippen LogP contribution in [0.3, 0.4) is 0 Å². The van der Waals surface area contributed by atoms with Crippen molar-refractivity contribution in [3.8, 4) is 16.9 Å². The zero-order chi connectivity index (χ0) is 23.7. The van der Waals surface area contributed by atoms with E-state index in [0.717, 1.165) is 31.2 Å². The van der Waals surface area contributed by atoms with Crippen molar-refractivity contribution in [1.82, 2.24) is 24.9 Å². The molecule has 4 aromatic rings. The molecule has 3 heterocycles. The number of nitrogens with one attached hydrogen (secondary N) is 1. The largest absolute Gasteiger partial charge is 0.490 e. The summed E-state index contributed by atoms with van der Waals surface area (Å²) in [7, 11) is 0. The number of fused-ring (bicyclic) bond motifs is 1. The Morgan fingerprint density at radius 1 is 1.18 bits per heavy atom. The van der Waals surface area contributed by atoms with Crippen LogP contribution < -0.4 is 21.5 Å². The number of ether oxygens (including phenoxy) is 1. The Balaban J connectivity index is 1.36. The third kappa shape index (κ3) is 4.34. The highest BCUT2D eigenvalue weighted by Gasteiger charge is 2.20. The first-order valence-electron chi connectivity index (χ1n) is 11.1. The molecule has 0 spiro atoms. The van der Waals surface area contributed by atoms with E-state index in [4.69, 9.17) is 16.2 Å². The van der Waals surface area contributed by atoms with Crippen LogP contribution in [-0.4, -0.2) is 31.6 Å². The second kappa shape index (κ2) is 8.97. The number of carbonyl (C=O) groups excluding carboxylic acids is 1. The van der Waals surface area contributed by atoms with E-state index in [9.17, 15) is 9.18 Å². The van der Waals surface area contributed by atoms with Gasteiger partial charge in [0.05, 0.1) is 11.7 Å². The van der Waals surface area contributed by atoms with Gasteiger partial charge < -0.3 is 21.5 Å². The molecule has 1 aliphatic carbocycles. The number of benzene rings is 1. The third-order valence-corrected chi connectivity index (χ3v) is 5.95. The van der Waals surface area contributed by atoms with Gasteiger partial charge in [0.25, 0.3) is 5.91 Å². The summed E-state index contributed by atoms with van der Waals surface area (Å²) >= 11 is 0. The molecule has 34 heavy (non-hydrogen) atoms. The van der Waals surface area contributed by atoms with Crippen LogP contribution in [0.2, 0.25) is 0 Å². The molecule has 10 heteroatoms. The van der Waals surface area contributed by atoms with Crippen LogP contribution in [0.25, 0.3) is 16.8 Å². The van der Waals surface area contributed by atoms with Gasteiger partial charge >= 0.3 is 0 Å². The summed E-state index contributed by atoms with van der Waals surface area (Å²) in [6.07, 6.45) is 7.47. The number of pyridine rings is 2. The smallest absolute Gasteiger partial charge is 0.255 e. The molecule has 1 aliphatic rings. The minimum atomic E-state index is -0.463. The highest BCUT2D eigenvalue weighted by molar-refractivity contribution is 5.99. The highest BCUT2D eigenvalue weighted by Crippen LogP contribution is 2.28. The maximum absolute atomic E-state index is 14.6. The lowest BCUT2D eigenvalue weighted by molar-refractivity contribution is 0.0950. The number of nitrogens with two attached hydrogens (primary N) is 2. The first-order chi connectivity index (χ1) is 16.5. The minimum Gasteiger partial charge on any atom is -0.490 e. The van der Waals surface area contributed by atoms with Crippen molar-refractivity contribution in [3.63, 3.8) is 0 Å². The molecular weight excluding hydrogens is 437 g/mol. The van der Waals surface area contributed by atoms with Crippen LogP contribution in [0.4, 0.5) is 16.2 Å². The molecule has 0 unspecified atom stereocenters. The van der Waals surface area contributed by atoms with E-state index >= 15 is 0 Å². The van der Waals surface area contributed by atoms with Crippen molar-refractivity contribution in [3.05, 3.63) is 65.7 Å². The van der Waals surface area contributed by atoms with Crippen molar-refractivity contribution in [2.45, 2.75) is 38.3 Å². The van der Waals surface area contributed by atoms with Crippen LogP contribution in [-0.2, 0) is 6.54 Å². The van der Waals surface area contributed by atoms with Crippen molar-refractivity contribution in [2.24, 2.45) is 0 Å². The average molecular weight is 462 g/mol. The molecule has 9 nitrogen and oxygen atoms in total. The number of rotatable bonds is 6. The lowest BCUT2D eigenvalue weighted by Gasteiger charge is -2.17. The predicted octanol–water partition coefficient (Wildman–Crippen LogP) is 3.35. The van der Waals surface area contributed by atoms with Gasteiger partial charge in [-0.05, 0) is 61.6 Å². The number of aromatic nitrogens is 4. The number of anilines is 2. The van der Waals surface area contributed by atoms with Gasteiger partial charge in [0.15, 0.2) is 5.65 Å². The van der Waals surface area contributed by atoms with E-state index < -0.39 is 11.7 Å². The molecule has 1 aromatic carbocycles. The van der Waals surface area contributed by atoms with Crippen molar-refractivity contribution in [1.29, 1.82) is 0 Å². The molecule has 0 saturated heterocycles. The number of carbonyl (C=O) groups is 1. The summed E-state index contributed by atoms with van der Waals surface area (Å²) in [6, 6.07) is 9.92. The van der Waals surface area contributed by atoms with E-state index in [1.807, 2.05) is 6.07 Å². The Morgan fingerprint density at radius 3 is 2.82 bits per heavy atom. The summed E-state index contributed by atoms with van der Waals surface area (Å²) in [5.74, 6) is -0.207. The standard InChI is InChI=1S/C24H24FN7O2/c25-19-6-3-7-20(34-16-4-1-2-5-16)18(19)13-29-23(33)17-10-15(12-28-22(17)26)14-8-9-32-21(11-14)30-24(27)31-32/h3,6-12,16H,1-2,4-5,13H2,(H2,26,28)(H2,27,31)(H,29,33). The van der Waals surface area contributed by atoms with Gasteiger partial charge in [-0.1, -0.05) is 6.07 Å². The second-order valence-electron chi connectivity index (χ2n) is 8.27. The summed E-state index contributed by atoms with van der Waals surface area (Å²) in [5, 5.41) is 6.80. The normalized spacial score (nSPS) is 13.9. The quantitative estimate of drug-likeness (QED) is 0.401. The monoisotopic (exact) mass is 461 g/mol. The zero-order valence-corrected chi connectivity index (χ0v) is 18.4. The number of amides is 1. The molecule has 0 bridgehead atoms. The van der Waals surface area contributed by atoms with Gasteiger partial charge in [-0.2, -0.15) is 4.98 Å². The van der Waals surface area contributed by atoms with E-state index in [2.05, 4.69) is 20.4 Å². The first-order valence-corrected chi connectivity index (χ1v) is 11.1. The fourth-order valence-corrected chi connectivity index (χ4v) is 4.16. The van der Waals surface area contributed by atoms with E-state index in [1.54, 1.807) is 41.2 Å². The van der Waals surface area contributed by atoms with Crippen molar-refractivity contribution in [2.75, 3.05) is 11.5 Å². The Hall–Kier alpha value is -4.21. The molecule has 3 aromatic heterocycles. The van der Waals surface area contributed by atoms with Gasteiger partial charge in [0.2, 0.25) is 5.95 Å². The molecule has 0 aliphatic heterocycles. The van der Waals surface area contributed by atoms with Crippen LogP contribution in [0.1, 0.15) is 41.6 Å². The molecule has 0 radical (unpaired) electrons. The molecule has 1 amide bonds. The van der Waals surface area contributed by atoms with Gasteiger partial charge in [0.1, 0.15) is 17.4 Å². The maximum Gasteiger partial charge on any atom is 0.255 e. The number of nitrogen functional groups attached to an aromatic ring is 2. The molecule has 5 rings (SSSR count). The number of nitrogens with zero attached hydrogens (tertiary/aromatic N) is 4. The Morgan fingerprint density at radius 2 is 2.00 bits per heavy atom. The summed E-state index contributed by atoms with van der Waals surface area (Å²) < 4.78 is 22.1. The molecule has 5 N–H and O–H groups in total. The molecular formula is C24H24FN7O2. The van der Waals surface area contributed by atoms with Crippen molar-refractivity contribution >= 4 is 23.3 Å². The summed E-state index contributed by atoms with van der Waals surface area (Å²) in [6.45, 7) is -0.0395. The highest BCUT2D eigenvalue weighted by atomic mass is 19.1. The lowest BCUT2D eigenvalue weighted by atomic mass is 10.1. The number of halogens is 1. The fraction of sp³-hybridized carbons (Fsp3) is 0.250. The van der Waals surface area contributed by atoms with Gasteiger partial charge in [-0.3, -0.25) is 4.79 Å². The molecule has 174 valence electrons. The first kappa shape index (κ1) is 21.6. The Labute approximate surface area is 195 Å². The molecule has 0 atom stereocenters. The number of hydrogen-bond acceptors (Lipinski definition) is 7. The second-order valence-corrected chi connectivity index (χ2v) is 8.27. The van der Waals surface area contributed by atoms with Gasteiger partial charge in [0, 0.05) is 30.1 Å². The van der Waals surface area contributed by atoms with E-state index in [0.29, 0.717) is 22.5 Å². The Bertz CT molecular complexity index is 1360. The van der Waals surface area contributed by atoms with Gasteiger partial charge in [-0.25, -0.2) is 13.9 Å². The maximum atomic E-state index is 14.6. The minimum absolute atomic E-state index is 0.0395. The van der Waals surface area contributed by atoms with Crippen molar-refractivity contribution < 1.29 is 13.9 Å². The third-order valence-electron chi connectivity index (χ3n) is 5.95. The van der Waals surface area contributed by atoms with Crippen LogP contribution >= 0.6 is 0 Å². The van der Waals surface area contributed by atoms with Crippen LogP contribution in [0.5, 0.6) is 5.75 Å². The summed E-state index contributed by atoms with van der Waals surface area (Å²) in [4.78, 5) is 21.3. The van der Waals surface area contributed by atoms with Crippen LogP contribution in [0.15, 0.2) is 48.8 Å². The van der Waals surface area contributed by atoms with Crippen LogP contribution in [0, 0.1) is 5.82 Å². The number of hydrogen-bond donors (Lipinski definition) is 3. The van der Waals surface area contributed by atoms with E-state index in [1.165, 1.54) is 6.07 Å². The predicted molar refractivity (Wildman–Crippen MR) is 125 cm³/mol. The SMILES string of the molecule is Nc1nc2cc(-c3cnc(N)c(C(=O)NCc4c(F)cccc4OC4CCCC4)c3)ccn2n1. The Kier molecular flexibility index (Phi) is 5.70. The molecule has 1 saturated carbocycles. The summed E-state index contributed by atoms with van der Waals surface area (Å²) in [5.41, 5.74) is 14.1. The lowest BCUT2D eigenvalue weighted by Crippen LogP contribution is -2.25. The van der Waals surface area contributed by atoms with Gasteiger partial charge in [-0.15, -0.1) is 5.10 Å². The zero-order valence-electron chi connectivity index (χ0n) is 18.4. The topological polar surface area (TPSA) is 133 Å².